The van der Waals surface area contributed by atoms with Crippen molar-refractivity contribution in [2.45, 2.75) is 32.0 Å². The van der Waals surface area contributed by atoms with Crippen LogP contribution < -0.4 is 10.5 Å². The molecule has 0 aliphatic heterocycles. The fourth-order valence-electron chi connectivity index (χ4n) is 1.46. The van der Waals surface area contributed by atoms with Gasteiger partial charge in [-0.15, -0.1) is 0 Å². The van der Waals surface area contributed by atoms with Crippen LogP contribution in [0.3, 0.4) is 0 Å². The number of ether oxygens (including phenoxy) is 1. The van der Waals surface area contributed by atoms with Crippen molar-refractivity contribution in [3.05, 3.63) is 29.6 Å². The van der Waals surface area contributed by atoms with Gasteiger partial charge in [-0.2, -0.15) is 13.2 Å². The van der Waals surface area contributed by atoms with Crippen LogP contribution in [0.25, 0.3) is 0 Å². The molecule has 6 heteroatoms. The standard InChI is InChI=1S/C12H15F4NO/c1-8(17)10-4-3-9(13)7-11(10)18-6-2-5-12(14,15)16/h3-4,7-8H,2,5-6,17H2,1H3/t8-/m0/s1. The minimum Gasteiger partial charge on any atom is -0.493 e. The van der Waals surface area contributed by atoms with Crippen LogP contribution in [-0.2, 0) is 0 Å². The van der Waals surface area contributed by atoms with E-state index < -0.39 is 18.4 Å². The van der Waals surface area contributed by atoms with Gasteiger partial charge in [0.1, 0.15) is 11.6 Å². The van der Waals surface area contributed by atoms with Gasteiger partial charge >= 0.3 is 6.18 Å². The lowest BCUT2D eigenvalue weighted by atomic mass is 10.1. The van der Waals surface area contributed by atoms with Crippen molar-refractivity contribution in [2.75, 3.05) is 6.61 Å². The lowest BCUT2D eigenvalue weighted by molar-refractivity contribution is -0.136. The van der Waals surface area contributed by atoms with E-state index in [9.17, 15) is 17.6 Å². The molecule has 0 aliphatic carbocycles. The molecule has 0 bridgehead atoms. The molecule has 0 fully saturated rings. The van der Waals surface area contributed by atoms with E-state index in [1.54, 1.807) is 6.92 Å². The highest BCUT2D eigenvalue weighted by Crippen LogP contribution is 2.26. The van der Waals surface area contributed by atoms with E-state index in [2.05, 4.69) is 0 Å². The second-order valence-electron chi connectivity index (χ2n) is 4.04. The predicted octanol–water partition coefficient (Wildman–Crippen LogP) is 3.57. The lowest BCUT2D eigenvalue weighted by Crippen LogP contribution is -2.12. The summed E-state index contributed by atoms with van der Waals surface area (Å²) < 4.78 is 53.9. The maximum Gasteiger partial charge on any atom is 0.389 e. The van der Waals surface area contributed by atoms with Crippen molar-refractivity contribution in [3.8, 4) is 5.75 Å². The first-order valence-corrected chi connectivity index (χ1v) is 5.54. The number of hydrogen-bond acceptors (Lipinski definition) is 2. The molecule has 1 aromatic rings. The van der Waals surface area contributed by atoms with Crippen molar-refractivity contribution in [1.82, 2.24) is 0 Å². The maximum atomic E-state index is 13.0. The Labute approximate surface area is 103 Å². The van der Waals surface area contributed by atoms with Gasteiger partial charge in [0.25, 0.3) is 0 Å². The summed E-state index contributed by atoms with van der Waals surface area (Å²) in [5.74, 6) is -0.308. The van der Waals surface area contributed by atoms with Gasteiger partial charge in [0.05, 0.1) is 6.61 Å². The van der Waals surface area contributed by atoms with E-state index in [0.717, 1.165) is 6.07 Å². The van der Waals surface area contributed by atoms with Crippen molar-refractivity contribution in [2.24, 2.45) is 5.73 Å². The number of halogens is 4. The van der Waals surface area contributed by atoms with Gasteiger partial charge in [-0.25, -0.2) is 4.39 Å². The Hall–Kier alpha value is -1.30. The van der Waals surface area contributed by atoms with E-state index >= 15 is 0 Å². The first-order valence-electron chi connectivity index (χ1n) is 5.54. The molecule has 0 spiro atoms. The topological polar surface area (TPSA) is 35.2 Å². The Morgan fingerprint density at radius 1 is 1.33 bits per heavy atom. The first-order chi connectivity index (χ1) is 8.29. The average molecular weight is 265 g/mol. The van der Waals surface area contributed by atoms with Gasteiger partial charge in [-0.05, 0) is 19.4 Å². The normalized spacial score (nSPS) is 13.4. The van der Waals surface area contributed by atoms with Crippen molar-refractivity contribution >= 4 is 0 Å². The third-order valence-electron chi connectivity index (χ3n) is 2.33. The average Bonchev–Trinajstić information content (AvgIpc) is 2.22. The summed E-state index contributed by atoms with van der Waals surface area (Å²) in [6.07, 6.45) is -5.29. The number of hydrogen-bond donors (Lipinski definition) is 1. The molecule has 0 heterocycles. The summed E-state index contributed by atoms with van der Waals surface area (Å²) in [5, 5.41) is 0. The highest BCUT2D eigenvalue weighted by atomic mass is 19.4. The third-order valence-corrected chi connectivity index (χ3v) is 2.33. The first kappa shape index (κ1) is 14.8. The Morgan fingerprint density at radius 2 is 2.00 bits per heavy atom. The van der Waals surface area contributed by atoms with Gasteiger partial charge < -0.3 is 10.5 Å². The largest absolute Gasteiger partial charge is 0.493 e. The fourth-order valence-corrected chi connectivity index (χ4v) is 1.46. The van der Waals surface area contributed by atoms with Gasteiger partial charge in [0.15, 0.2) is 0 Å². The molecule has 0 unspecified atom stereocenters. The van der Waals surface area contributed by atoms with Crippen LogP contribution in [0.15, 0.2) is 18.2 Å². The van der Waals surface area contributed by atoms with Gasteiger partial charge in [0.2, 0.25) is 0 Å². The Balaban J connectivity index is 2.58. The second kappa shape index (κ2) is 6.04. The van der Waals surface area contributed by atoms with Crippen LogP contribution in [0.2, 0.25) is 0 Å². The quantitative estimate of drug-likeness (QED) is 0.652. The molecule has 1 atom stereocenters. The minimum atomic E-state index is -4.20. The summed E-state index contributed by atoms with van der Waals surface area (Å²) in [6.45, 7) is 1.57. The van der Waals surface area contributed by atoms with Gasteiger partial charge in [0, 0.05) is 24.1 Å². The Kier molecular flexibility index (Phi) is 4.95. The Bertz CT molecular complexity index is 390. The van der Waals surface area contributed by atoms with E-state index in [1.165, 1.54) is 12.1 Å². The highest BCUT2D eigenvalue weighted by Gasteiger charge is 2.26. The van der Waals surface area contributed by atoms with Crippen LogP contribution in [0.5, 0.6) is 5.75 Å². The monoisotopic (exact) mass is 265 g/mol. The molecule has 0 saturated carbocycles. The third kappa shape index (κ3) is 4.91. The molecule has 0 radical (unpaired) electrons. The molecule has 18 heavy (non-hydrogen) atoms. The molecular weight excluding hydrogens is 250 g/mol. The SMILES string of the molecule is C[C@H](N)c1ccc(F)cc1OCCCC(F)(F)F. The Morgan fingerprint density at radius 3 is 2.56 bits per heavy atom. The molecule has 102 valence electrons. The summed E-state index contributed by atoms with van der Waals surface area (Å²) in [6, 6.07) is 3.47. The molecule has 0 aliphatic rings. The van der Waals surface area contributed by atoms with Crippen molar-refractivity contribution < 1.29 is 22.3 Å². The molecule has 2 nitrogen and oxygen atoms in total. The van der Waals surface area contributed by atoms with Crippen LogP contribution in [-0.4, -0.2) is 12.8 Å². The predicted molar refractivity (Wildman–Crippen MR) is 59.8 cm³/mol. The van der Waals surface area contributed by atoms with Crippen LogP contribution in [0, 0.1) is 5.82 Å². The minimum absolute atomic E-state index is 0.122. The zero-order valence-electron chi connectivity index (χ0n) is 9.93. The zero-order valence-corrected chi connectivity index (χ0v) is 9.93. The van der Waals surface area contributed by atoms with E-state index in [4.69, 9.17) is 10.5 Å². The number of rotatable bonds is 5. The van der Waals surface area contributed by atoms with Crippen molar-refractivity contribution in [1.29, 1.82) is 0 Å². The van der Waals surface area contributed by atoms with Gasteiger partial charge in [-0.1, -0.05) is 6.07 Å². The summed E-state index contributed by atoms with van der Waals surface area (Å²) >= 11 is 0. The van der Waals surface area contributed by atoms with Gasteiger partial charge in [-0.3, -0.25) is 0 Å². The van der Waals surface area contributed by atoms with E-state index in [0.29, 0.717) is 5.56 Å². The molecular formula is C12H15F4NO. The number of nitrogens with two attached hydrogens (primary N) is 1. The second-order valence-corrected chi connectivity index (χ2v) is 4.04. The molecule has 2 N–H and O–H groups in total. The zero-order chi connectivity index (χ0) is 13.8. The number of alkyl halides is 3. The lowest BCUT2D eigenvalue weighted by Gasteiger charge is -2.14. The summed E-state index contributed by atoms with van der Waals surface area (Å²) in [5.41, 5.74) is 6.23. The number of benzene rings is 1. The van der Waals surface area contributed by atoms with Crippen LogP contribution in [0.1, 0.15) is 31.4 Å². The van der Waals surface area contributed by atoms with Crippen LogP contribution in [0.4, 0.5) is 17.6 Å². The fraction of sp³-hybridized carbons (Fsp3) is 0.500. The van der Waals surface area contributed by atoms with Crippen LogP contribution >= 0.6 is 0 Å². The van der Waals surface area contributed by atoms with Crippen molar-refractivity contribution in [3.63, 3.8) is 0 Å². The molecule has 0 aromatic heterocycles. The molecule has 0 saturated heterocycles. The summed E-state index contributed by atoms with van der Waals surface area (Å²) in [7, 11) is 0. The molecule has 1 rings (SSSR count). The maximum absolute atomic E-state index is 13.0. The molecule has 1 aromatic carbocycles. The summed E-state index contributed by atoms with van der Waals surface area (Å²) in [4.78, 5) is 0. The smallest absolute Gasteiger partial charge is 0.389 e. The highest BCUT2D eigenvalue weighted by molar-refractivity contribution is 5.36. The van der Waals surface area contributed by atoms with E-state index in [-0.39, 0.29) is 24.8 Å². The molecule has 0 amide bonds. The van der Waals surface area contributed by atoms with E-state index in [1.807, 2.05) is 0 Å².